The van der Waals surface area contributed by atoms with Crippen LogP contribution in [0.4, 0.5) is 13.2 Å². The van der Waals surface area contributed by atoms with E-state index in [2.05, 4.69) is 17.0 Å². The molecule has 0 amide bonds. The van der Waals surface area contributed by atoms with Gasteiger partial charge in [0.05, 0.1) is 11.5 Å². The number of carbonyl (C=O) groups is 2. The number of alkyl halides is 3. The van der Waals surface area contributed by atoms with Gasteiger partial charge in [0.15, 0.2) is 11.5 Å². The number of carbonyl (C=O) groups excluding carboxylic acids is 2. The molecule has 1 heterocycles. The Morgan fingerprint density at radius 1 is 1.18 bits per heavy atom. The smallest absolute Gasteiger partial charge is 0.316 e. The van der Waals surface area contributed by atoms with E-state index in [-0.39, 0.29) is 30.1 Å². The number of ether oxygens (including phenoxy) is 1. The molecule has 6 rings (SSSR count). The number of aliphatic hydroxyl groups is 1. The summed E-state index contributed by atoms with van der Waals surface area (Å²) >= 11 is 0. The second kappa shape index (κ2) is 9.55. The van der Waals surface area contributed by atoms with Gasteiger partial charge < -0.3 is 14.7 Å². The van der Waals surface area contributed by atoms with Crippen LogP contribution in [0.5, 0.6) is 0 Å². The van der Waals surface area contributed by atoms with E-state index in [0.29, 0.717) is 19.5 Å². The predicted octanol–water partition coefficient (Wildman–Crippen LogP) is 4.94. The molecule has 1 N–H and O–H groups in total. The van der Waals surface area contributed by atoms with Crippen molar-refractivity contribution in [2.75, 3.05) is 26.5 Å². The number of likely N-dealkylation sites (tertiary alicyclic amines) is 1. The van der Waals surface area contributed by atoms with Gasteiger partial charge in [0.2, 0.25) is 6.86 Å². The molecule has 1 aromatic rings. The zero-order chi connectivity index (χ0) is 28.5. The van der Waals surface area contributed by atoms with Gasteiger partial charge in [-0.3, -0.25) is 9.59 Å². The Hall–Kier alpha value is -2.45. The molecule has 1 aromatic carbocycles. The largest absolute Gasteiger partial charge is 0.433 e. The maximum atomic E-state index is 17.5. The summed E-state index contributed by atoms with van der Waals surface area (Å²) in [6.45, 7) is 3.89. The number of halogens is 3. The molecular formula is C32H38F3NO4. The lowest BCUT2D eigenvalue weighted by Gasteiger charge is -2.63. The van der Waals surface area contributed by atoms with Gasteiger partial charge in [-0.05, 0) is 86.1 Å². The summed E-state index contributed by atoms with van der Waals surface area (Å²) in [6, 6.07) is 10.2. The lowest BCUT2D eigenvalue weighted by molar-refractivity contribution is -0.218. The Bertz CT molecular complexity index is 1250. The van der Waals surface area contributed by atoms with Gasteiger partial charge in [-0.1, -0.05) is 43.3 Å². The molecule has 1 aliphatic heterocycles. The van der Waals surface area contributed by atoms with Crippen LogP contribution in [0.15, 0.2) is 54.1 Å². The first kappa shape index (κ1) is 27.7. The second-order valence-corrected chi connectivity index (χ2v) is 13.1. The second-order valence-electron chi connectivity index (χ2n) is 13.1. The summed E-state index contributed by atoms with van der Waals surface area (Å²) < 4.78 is 51.7. The topological polar surface area (TPSA) is 66.8 Å². The van der Waals surface area contributed by atoms with Crippen LogP contribution < -0.4 is 0 Å². The Kier molecular flexibility index (Phi) is 6.61. The highest BCUT2D eigenvalue weighted by atomic mass is 19.1. The number of hydrogen-bond donors (Lipinski definition) is 1. The first-order chi connectivity index (χ1) is 19.0. The monoisotopic (exact) mass is 557 g/mol. The van der Waals surface area contributed by atoms with Crippen molar-refractivity contribution in [1.29, 1.82) is 0 Å². The highest BCUT2D eigenvalue weighted by Crippen LogP contribution is 2.74. The SMILES string of the molecule is C[C@]12C=CC(=O)C=C1[C@@H](F)C[C@H]1[C@@H]3C[C@H]4CN(CCCc5ccccc5)C[C@]4(C(=O)OCF)[C@@]3(C)C[C@H](O)[C@@]12F. The van der Waals surface area contributed by atoms with Crippen LogP contribution in [0.1, 0.15) is 45.1 Å². The summed E-state index contributed by atoms with van der Waals surface area (Å²) in [4.78, 5) is 28.0. The van der Waals surface area contributed by atoms with E-state index in [4.69, 9.17) is 4.74 Å². The van der Waals surface area contributed by atoms with Gasteiger partial charge >= 0.3 is 5.97 Å². The number of aliphatic hydroxyl groups excluding tert-OH is 1. The molecule has 0 unspecified atom stereocenters. The number of rotatable bonds is 6. The van der Waals surface area contributed by atoms with Crippen LogP contribution in [-0.4, -0.2) is 66.2 Å². The zero-order valence-electron chi connectivity index (χ0n) is 23.1. The number of fused-ring (bicyclic) bond motifs is 7. The van der Waals surface area contributed by atoms with E-state index in [0.717, 1.165) is 19.4 Å². The molecule has 216 valence electrons. The zero-order valence-corrected chi connectivity index (χ0v) is 23.1. The van der Waals surface area contributed by atoms with E-state index in [1.807, 2.05) is 25.1 Å². The molecule has 9 atom stereocenters. The molecule has 5 aliphatic rings. The number of aryl methyl sites for hydroxylation is 1. The standard InChI is InChI=1S/C32H38F3NO4/c1-29-11-10-22(37)14-25(29)26(34)15-24-23-13-21-17-36(12-6-9-20-7-4-3-5-8-20)18-31(21,28(39)40-19-33)30(23,2)16-27(38)32(24,29)35/h3-5,7-8,10-11,14,21,23-24,26-27,38H,6,9,12-13,15-19H2,1-2H3/t21-,23-,24-,26-,27-,29-,30-,31-,32-/m0/s1. The lowest BCUT2D eigenvalue weighted by Crippen LogP contribution is -2.69. The van der Waals surface area contributed by atoms with Crippen LogP contribution in [-0.2, 0) is 20.7 Å². The number of esters is 1. The van der Waals surface area contributed by atoms with E-state index < -0.39 is 58.9 Å². The Labute approximate surface area is 233 Å². The van der Waals surface area contributed by atoms with Gasteiger partial charge in [-0.25, -0.2) is 13.2 Å². The number of ketones is 1. The van der Waals surface area contributed by atoms with E-state index >= 15 is 8.78 Å². The van der Waals surface area contributed by atoms with Crippen molar-refractivity contribution in [1.82, 2.24) is 4.90 Å². The van der Waals surface area contributed by atoms with Crippen molar-refractivity contribution in [2.24, 2.45) is 34.0 Å². The van der Waals surface area contributed by atoms with Gasteiger partial charge in [0, 0.05) is 24.4 Å². The third-order valence-corrected chi connectivity index (χ3v) is 11.6. The van der Waals surface area contributed by atoms with Crippen LogP contribution in [0.3, 0.4) is 0 Å². The average molecular weight is 558 g/mol. The lowest BCUT2D eigenvalue weighted by atomic mass is 9.43. The minimum atomic E-state index is -2.21. The van der Waals surface area contributed by atoms with Gasteiger partial charge in [0.1, 0.15) is 6.17 Å². The molecule has 0 radical (unpaired) electrons. The molecule has 5 nitrogen and oxygen atoms in total. The minimum Gasteiger partial charge on any atom is -0.433 e. The molecule has 3 saturated carbocycles. The summed E-state index contributed by atoms with van der Waals surface area (Å²) in [6.07, 6.45) is 2.87. The number of allylic oxidation sites excluding steroid dienone is 4. The number of benzene rings is 1. The van der Waals surface area contributed by atoms with Crippen molar-refractivity contribution in [3.63, 3.8) is 0 Å². The van der Waals surface area contributed by atoms with Crippen molar-refractivity contribution in [2.45, 2.75) is 63.9 Å². The Morgan fingerprint density at radius 3 is 2.65 bits per heavy atom. The Morgan fingerprint density at radius 2 is 1.93 bits per heavy atom. The fourth-order valence-corrected chi connectivity index (χ4v) is 9.71. The highest BCUT2D eigenvalue weighted by molar-refractivity contribution is 6.01. The number of hydrogen-bond acceptors (Lipinski definition) is 5. The summed E-state index contributed by atoms with van der Waals surface area (Å²) in [7, 11) is 0. The molecule has 8 heteroatoms. The highest BCUT2D eigenvalue weighted by Gasteiger charge is 2.78. The van der Waals surface area contributed by atoms with Gasteiger partial charge in [0.25, 0.3) is 0 Å². The predicted molar refractivity (Wildman–Crippen MR) is 143 cm³/mol. The summed E-state index contributed by atoms with van der Waals surface area (Å²) in [5.41, 5.74) is -4.41. The first-order valence-corrected chi connectivity index (χ1v) is 14.5. The summed E-state index contributed by atoms with van der Waals surface area (Å²) in [5, 5.41) is 11.6. The summed E-state index contributed by atoms with van der Waals surface area (Å²) in [5.74, 6) is -2.53. The quantitative estimate of drug-likeness (QED) is 0.503. The maximum Gasteiger partial charge on any atom is 0.316 e. The fraction of sp³-hybridized carbons (Fsp3) is 0.625. The third-order valence-electron chi connectivity index (χ3n) is 11.6. The normalized spacial score (nSPS) is 43.9. The molecule has 0 spiro atoms. The molecule has 0 bridgehead atoms. The molecule has 4 fully saturated rings. The third kappa shape index (κ3) is 3.60. The Balaban J connectivity index is 1.32. The van der Waals surface area contributed by atoms with Crippen LogP contribution in [0.2, 0.25) is 0 Å². The first-order valence-electron chi connectivity index (χ1n) is 14.5. The number of nitrogens with zero attached hydrogens (tertiary/aromatic N) is 1. The van der Waals surface area contributed by atoms with E-state index in [9.17, 15) is 19.1 Å². The van der Waals surface area contributed by atoms with Crippen molar-refractivity contribution in [3.8, 4) is 0 Å². The van der Waals surface area contributed by atoms with E-state index in [1.165, 1.54) is 23.8 Å². The average Bonchev–Trinajstić information content (AvgIpc) is 3.40. The van der Waals surface area contributed by atoms with Crippen molar-refractivity contribution in [3.05, 3.63) is 59.7 Å². The van der Waals surface area contributed by atoms with Crippen LogP contribution >= 0.6 is 0 Å². The minimum absolute atomic E-state index is 0.0258. The van der Waals surface area contributed by atoms with Crippen molar-refractivity contribution >= 4 is 11.8 Å². The maximum absolute atomic E-state index is 17.5. The van der Waals surface area contributed by atoms with Gasteiger partial charge in [-0.2, -0.15) is 0 Å². The molecule has 1 saturated heterocycles. The molecule has 4 aliphatic carbocycles. The van der Waals surface area contributed by atoms with Crippen LogP contribution in [0.25, 0.3) is 0 Å². The van der Waals surface area contributed by atoms with Gasteiger partial charge in [-0.15, -0.1) is 0 Å². The molecule has 0 aromatic heterocycles. The van der Waals surface area contributed by atoms with Crippen molar-refractivity contribution < 1.29 is 32.6 Å². The molecular weight excluding hydrogens is 519 g/mol. The fourth-order valence-electron chi connectivity index (χ4n) is 9.71. The van der Waals surface area contributed by atoms with Crippen LogP contribution in [0, 0.1) is 34.0 Å². The van der Waals surface area contributed by atoms with E-state index in [1.54, 1.807) is 6.92 Å². The molecule has 40 heavy (non-hydrogen) atoms.